The third-order valence-electron chi connectivity index (χ3n) is 3.61. The molecule has 0 spiro atoms. The number of nitrogens with one attached hydrogen (secondary N) is 1. The van der Waals surface area contributed by atoms with Crippen LogP contribution in [0.5, 0.6) is 11.5 Å². The van der Waals surface area contributed by atoms with Crippen LogP contribution in [0.1, 0.15) is 24.5 Å². The summed E-state index contributed by atoms with van der Waals surface area (Å²) in [4.78, 5) is 0. The summed E-state index contributed by atoms with van der Waals surface area (Å²) in [5, 5.41) is 3.47. The van der Waals surface area contributed by atoms with Crippen LogP contribution in [0.4, 0.5) is 0 Å². The Morgan fingerprint density at radius 3 is 2.48 bits per heavy atom. The normalized spacial score (nSPS) is 11.3. The first-order valence-electron chi connectivity index (χ1n) is 7.77. The Labute approximate surface area is 138 Å². The summed E-state index contributed by atoms with van der Waals surface area (Å²) in [5.41, 5.74) is 2.13. The predicted octanol–water partition coefficient (Wildman–Crippen LogP) is 3.62. The molecule has 1 N–H and O–H groups in total. The largest absolute Gasteiger partial charge is 0.497 e. The third-order valence-corrected chi connectivity index (χ3v) is 3.61. The van der Waals surface area contributed by atoms with Crippen LogP contribution >= 0.6 is 0 Å². The zero-order valence-corrected chi connectivity index (χ0v) is 13.9. The van der Waals surface area contributed by atoms with Crippen molar-refractivity contribution in [2.75, 3.05) is 14.2 Å². The van der Waals surface area contributed by atoms with Gasteiger partial charge in [-0.3, -0.25) is 5.32 Å². The highest BCUT2D eigenvalue weighted by Crippen LogP contribution is 2.24. The van der Waals surface area contributed by atoms with Crippen molar-refractivity contribution in [2.24, 2.45) is 0 Å². The molecule has 1 atom stereocenters. The molecule has 2 aromatic carbocycles. The number of benzene rings is 2. The molecule has 0 bridgehead atoms. The molecule has 120 valence electrons. The van der Waals surface area contributed by atoms with E-state index in [1.807, 2.05) is 48.5 Å². The molecule has 1 unspecified atom stereocenters. The summed E-state index contributed by atoms with van der Waals surface area (Å²) in [6.07, 6.45) is 0.943. The van der Waals surface area contributed by atoms with E-state index in [-0.39, 0.29) is 6.04 Å². The molecule has 0 radical (unpaired) electrons. The second-order valence-electron chi connectivity index (χ2n) is 5.15. The van der Waals surface area contributed by atoms with Gasteiger partial charge in [-0.05, 0) is 24.6 Å². The van der Waals surface area contributed by atoms with Crippen molar-refractivity contribution in [3.05, 3.63) is 59.7 Å². The molecule has 0 saturated carbocycles. The lowest BCUT2D eigenvalue weighted by atomic mass is 10.1. The van der Waals surface area contributed by atoms with Crippen LogP contribution in [-0.2, 0) is 6.54 Å². The Balaban J connectivity index is 2.02. The van der Waals surface area contributed by atoms with Crippen LogP contribution in [0.3, 0.4) is 0 Å². The van der Waals surface area contributed by atoms with Gasteiger partial charge in [0.05, 0.1) is 20.3 Å². The van der Waals surface area contributed by atoms with E-state index in [2.05, 4.69) is 24.1 Å². The van der Waals surface area contributed by atoms with Crippen molar-refractivity contribution in [1.82, 2.24) is 5.32 Å². The minimum atomic E-state index is 0.141. The third kappa shape index (κ3) is 5.05. The summed E-state index contributed by atoms with van der Waals surface area (Å²) >= 11 is 0. The lowest BCUT2D eigenvalue weighted by Crippen LogP contribution is -2.26. The SMILES string of the molecule is CCC(C#Cc1ccccc1)NCc1ccc(OC)cc1OC. The molecular formula is C20H23NO2. The van der Waals surface area contributed by atoms with Gasteiger partial charge in [0.2, 0.25) is 0 Å². The van der Waals surface area contributed by atoms with Gasteiger partial charge in [-0.15, -0.1) is 0 Å². The Kier molecular flexibility index (Phi) is 6.53. The van der Waals surface area contributed by atoms with Gasteiger partial charge >= 0.3 is 0 Å². The molecule has 0 aliphatic heterocycles. The van der Waals surface area contributed by atoms with Gasteiger partial charge in [-0.25, -0.2) is 0 Å². The molecule has 0 aliphatic rings. The van der Waals surface area contributed by atoms with Crippen molar-refractivity contribution in [3.63, 3.8) is 0 Å². The number of rotatable bonds is 6. The quantitative estimate of drug-likeness (QED) is 0.827. The maximum Gasteiger partial charge on any atom is 0.127 e. The lowest BCUT2D eigenvalue weighted by Gasteiger charge is -2.14. The van der Waals surface area contributed by atoms with Gasteiger partial charge in [0.25, 0.3) is 0 Å². The van der Waals surface area contributed by atoms with Gasteiger partial charge in [0.1, 0.15) is 11.5 Å². The zero-order valence-electron chi connectivity index (χ0n) is 13.9. The minimum absolute atomic E-state index is 0.141. The number of hydrogen-bond acceptors (Lipinski definition) is 3. The topological polar surface area (TPSA) is 30.5 Å². The van der Waals surface area contributed by atoms with Gasteiger partial charge in [0.15, 0.2) is 0 Å². The number of methoxy groups -OCH3 is 2. The standard InChI is InChI=1S/C20H23NO2/c1-4-18(12-10-16-8-6-5-7-9-16)21-15-17-11-13-19(22-2)14-20(17)23-3/h5-9,11,13-14,18,21H,4,15H2,1-3H3. The molecule has 3 nitrogen and oxygen atoms in total. The average Bonchev–Trinajstić information content (AvgIpc) is 2.62. The minimum Gasteiger partial charge on any atom is -0.497 e. The molecule has 0 aliphatic carbocycles. The molecule has 0 saturated heterocycles. The van der Waals surface area contributed by atoms with E-state index >= 15 is 0 Å². The second-order valence-corrected chi connectivity index (χ2v) is 5.15. The van der Waals surface area contributed by atoms with E-state index in [1.165, 1.54) is 0 Å². The highest BCUT2D eigenvalue weighted by molar-refractivity contribution is 5.41. The van der Waals surface area contributed by atoms with E-state index in [0.29, 0.717) is 6.54 Å². The van der Waals surface area contributed by atoms with Crippen molar-refractivity contribution < 1.29 is 9.47 Å². The molecule has 2 aromatic rings. The molecule has 3 heteroatoms. The monoisotopic (exact) mass is 309 g/mol. The van der Waals surface area contributed by atoms with Crippen LogP contribution in [-0.4, -0.2) is 20.3 Å². The molecular weight excluding hydrogens is 286 g/mol. The zero-order chi connectivity index (χ0) is 16.5. The fourth-order valence-corrected chi connectivity index (χ4v) is 2.22. The molecule has 23 heavy (non-hydrogen) atoms. The maximum absolute atomic E-state index is 5.43. The molecule has 0 heterocycles. The fourth-order valence-electron chi connectivity index (χ4n) is 2.22. The summed E-state index contributed by atoms with van der Waals surface area (Å²) in [6, 6.07) is 16.0. The second kappa shape index (κ2) is 8.87. The molecule has 0 fully saturated rings. The van der Waals surface area contributed by atoms with Crippen molar-refractivity contribution >= 4 is 0 Å². The summed E-state index contributed by atoms with van der Waals surface area (Å²) in [7, 11) is 3.32. The van der Waals surface area contributed by atoms with Crippen LogP contribution in [0.25, 0.3) is 0 Å². The van der Waals surface area contributed by atoms with Crippen LogP contribution < -0.4 is 14.8 Å². The summed E-state index contributed by atoms with van der Waals surface area (Å²) in [6.45, 7) is 2.83. The molecule has 2 rings (SSSR count). The lowest BCUT2D eigenvalue weighted by molar-refractivity contribution is 0.389. The Hall–Kier alpha value is -2.44. The van der Waals surface area contributed by atoms with Crippen molar-refractivity contribution in [2.45, 2.75) is 25.9 Å². The highest BCUT2D eigenvalue weighted by atomic mass is 16.5. The molecule has 0 amide bonds. The molecule has 0 aromatic heterocycles. The average molecular weight is 309 g/mol. The fraction of sp³-hybridized carbons (Fsp3) is 0.300. The van der Waals surface area contributed by atoms with Crippen LogP contribution in [0, 0.1) is 11.8 Å². The number of hydrogen-bond donors (Lipinski definition) is 1. The van der Waals surface area contributed by atoms with E-state index < -0.39 is 0 Å². The van der Waals surface area contributed by atoms with Gasteiger partial charge in [-0.2, -0.15) is 0 Å². The van der Waals surface area contributed by atoms with Crippen molar-refractivity contribution in [1.29, 1.82) is 0 Å². The van der Waals surface area contributed by atoms with Gasteiger partial charge < -0.3 is 9.47 Å². The number of ether oxygens (including phenoxy) is 2. The maximum atomic E-state index is 5.43. The van der Waals surface area contributed by atoms with E-state index in [9.17, 15) is 0 Å². The first-order valence-corrected chi connectivity index (χ1v) is 7.77. The first kappa shape index (κ1) is 16.9. The Bertz CT molecular complexity index is 671. The van der Waals surface area contributed by atoms with Crippen molar-refractivity contribution in [3.8, 4) is 23.3 Å². The smallest absolute Gasteiger partial charge is 0.127 e. The van der Waals surface area contributed by atoms with Gasteiger partial charge in [-0.1, -0.05) is 43.0 Å². The van der Waals surface area contributed by atoms with Crippen LogP contribution in [0.2, 0.25) is 0 Å². The Morgan fingerprint density at radius 2 is 1.83 bits per heavy atom. The highest BCUT2D eigenvalue weighted by Gasteiger charge is 2.07. The van der Waals surface area contributed by atoms with E-state index in [1.54, 1.807) is 14.2 Å². The van der Waals surface area contributed by atoms with Gasteiger partial charge in [0, 0.05) is 23.7 Å². The van der Waals surface area contributed by atoms with E-state index in [0.717, 1.165) is 29.0 Å². The van der Waals surface area contributed by atoms with Crippen LogP contribution in [0.15, 0.2) is 48.5 Å². The summed E-state index contributed by atoms with van der Waals surface area (Å²) in [5.74, 6) is 8.12. The first-order chi connectivity index (χ1) is 11.3. The Morgan fingerprint density at radius 1 is 1.04 bits per heavy atom. The predicted molar refractivity (Wildman–Crippen MR) is 93.8 cm³/mol. The summed E-state index contributed by atoms with van der Waals surface area (Å²) < 4.78 is 10.7. The van der Waals surface area contributed by atoms with E-state index in [4.69, 9.17) is 9.47 Å².